The smallest absolute Gasteiger partial charge is 0.123 e. The number of benzene rings is 1. The molecule has 5 heteroatoms. The molecule has 1 aromatic heterocycles. The molecule has 1 aliphatic heterocycles. The van der Waals surface area contributed by atoms with E-state index in [-0.39, 0.29) is 5.82 Å². The molecule has 1 saturated heterocycles. The Bertz CT molecular complexity index is 547. The number of hydrogen-bond acceptors (Lipinski definition) is 3. The molecule has 2 N–H and O–H groups in total. The minimum absolute atomic E-state index is 0.216. The van der Waals surface area contributed by atoms with Gasteiger partial charge in [-0.2, -0.15) is 16.9 Å². The van der Waals surface area contributed by atoms with E-state index in [1.165, 1.54) is 36.5 Å². The predicted molar refractivity (Wildman–Crippen MR) is 81.2 cm³/mol. The van der Waals surface area contributed by atoms with Crippen LogP contribution in [0.2, 0.25) is 0 Å². The zero-order chi connectivity index (χ0) is 13.8. The van der Waals surface area contributed by atoms with Crippen molar-refractivity contribution in [1.82, 2.24) is 15.5 Å². The third kappa shape index (κ3) is 3.22. The molecule has 1 aliphatic rings. The van der Waals surface area contributed by atoms with E-state index in [0.717, 1.165) is 23.4 Å². The quantitative estimate of drug-likeness (QED) is 0.909. The van der Waals surface area contributed by atoms with Crippen LogP contribution in [0.15, 0.2) is 30.5 Å². The molecule has 0 radical (unpaired) electrons. The summed E-state index contributed by atoms with van der Waals surface area (Å²) in [5.41, 5.74) is 3.08. The average Bonchev–Trinajstić information content (AvgIpc) is 2.95. The van der Waals surface area contributed by atoms with Gasteiger partial charge in [0.1, 0.15) is 5.82 Å². The van der Waals surface area contributed by atoms with Crippen molar-refractivity contribution >= 4 is 11.8 Å². The maximum atomic E-state index is 13.0. The molecule has 1 unspecified atom stereocenters. The first-order valence-electron chi connectivity index (χ1n) is 6.92. The Hall–Kier alpha value is -1.33. The number of halogens is 1. The number of aromatic nitrogens is 2. The Kier molecular flexibility index (Phi) is 4.38. The lowest BCUT2D eigenvalue weighted by atomic mass is 10.1. The molecule has 0 bridgehead atoms. The maximum Gasteiger partial charge on any atom is 0.123 e. The highest BCUT2D eigenvalue weighted by Crippen LogP contribution is 2.22. The van der Waals surface area contributed by atoms with Crippen LogP contribution in [-0.2, 0) is 6.54 Å². The zero-order valence-corrected chi connectivity index (χ0v) is 12.0. The van der Waals surface area contributed by atoms with Crippen LogP contribution in [-0.4, -0.2) is 27.7 Å². The summed E-state index contributed by atoms with van der Waals surface area (Å²) in [5.74, 6) is 2.25. The van der Waals surface area contributed by atoms with Crippen LogP contribution in [0.5, 0.6) is 0 Å². The fourth-order valence-corrected chi connectivity index (χ4v) is 3.57. The largest absolute Gasteiger partial charge is 0.309 e. The van der Waals surface area contributed by atoms with Gasteiger partial charge >= 0.3 is 0 Å². The van der Waals surface area contributed by atoms with E-state index in [4.69, 9.17) is 0 Å². The third-order valence-electron chi connectivity index (χ3n) is 3.59. The molecule has 1 fully saturated rings. The van der Waals surface area contributed by atoms with Gasteiger partial charge in [0.15, 0.2) is 0 Å². The van der Waals surface area contributed by atoms with Crippen LogP contribution in [0.3, 0.4) is 0 Å². The van der Waals surface area contributed by atoms with E-state index in [1.807, 2.05) is 18.0 Å². The molecule has 3 rings (SSSR count). The van der Waals surface area contributed by atoms with Crippen molar-refractivity contribution < 1.29 is 4.39 Å². The van der Waals surface area contributed by atoms with Gasteiger partial charge < -0.3 is 5.32 Å². The molecule has 20 heavy (non-hydrogen) atoms. The van der Waals surface area contributed by atoms with Gasteiger partial charge in [0, 0.05) is 29.5 Å². The lowest BCUT2D eigenvalue weighted by Gasteiger charge is -2.22. The normalized spacial score (nSPS) is 19.1. The number of hydrogen-bond donors (Lipinski definition) is 2. The first-order valence-corrected chi connectivity index (χ1v) is 8.08. The van der Waals surface area contributed by atoms with Gasteiger partial charge in [-0.1, -0.05) is 0 Å². The highest BCUT2D eigenvalue weighted by atomic mass is 32.2. The number of thioether (sulfide) groups is 1. The Morgan fingerprint density at radius 1 is 1.35 bits per heavy atom. The summed E-state index contributed by atoms with van der Waals surface area (Å²) in [4.78, 5) is 0. The number of rotatable bonds is 4. The fourth-order valence-electron chi connectivity index (χ4n) is 2.47. The van der Waals surface area contributed by atoms with Gasteiger partial charge in [-0.25, -0.2) is 4.39 Å². The minimum atomic E-state index is -0.216. The lowest BCUT2D eigenvalue weighted by molar-refractivity contribution is 0.508. The monoisotopic (exact) mass is 291 g/mol. The van der Waals surface area contributed by atoms with Crippen LogP contribution >= 0.6 is 11.8 Å². The molecule has 1 atom stereocenters. The van der Waals surface area contributed by atoms with E-state index < -0.39 is 0 Å². The van der Waals surface area contributed by atoms with Gasteiger partial charge in [-0.05, 0) is 42.9 Å². The molecule has 3 nitrogen and oxygen atoms in total. The van der Waals surface area contributed by atoms with Crippen LogP contribution in [0.25, 0.3) is 11.3 Å². The number of aromatic amines is 1. The third-order valence-corrected chi connectivity index (χ3v) is 4.81. The maximum absolute atomic E-state index is 13.0. The van der Waals surface area contributed by atoms with Crippen LogP contribution in [0.4, 0.5) is 4.39 Å². The first-order chi connectivity index (χ1) is 9.83. The summed E-state index contributed by atoms with van der Waals surface area (Å²) in [7, 11) is 0. The topological polar surface area (TPSA) is 40.7 Å². The highest BCUT2D eigenvalue weighted by molar-refractivity contribution is 7.99. The van der Waals surface area contributed by atoms with Gasteiger partial charge in [0.05, 0.1) is 11.9 Å². The summed E-state index contributed by atoms with van der Waals surface area (Å²) in [6.07, 6.45) is 4.39. The van der Waals surface area contributed by atoms with Gasteiger partial charge in [-0.3, -0.25) is 5.10 Å². The molecular weight excluding hydrogens is 273 g/mol. The summed E-state index contributed by atoms with van der Waals surface area (Å²) in [6.45, 7) is 0.800. The van der Waals surface area contributed by atoms with Crippen LogP contribution in [0.1, 0.15) is 18.4 Å². The first kappa shape index (κ1) is 13.6. The van der Waals surface area contributed by atoms with Crippen LogP contribution < -0.4 is 5.32 Å². The number of nitrogens with one attached hydrogen (secondary N) is 2. The van der Waals surface area contributed by atoms with E-state index in [0.29, 0.717) is 6.04 Å². The molecule has 0 spiro atoms. The summed E-state index contributed by atoms with van der Waals surface area (Å²) >= 11 is 2.01. The minimum Gasteiger partial charge on any atom is -0.309 e. The van der Waals surface area contributed by atoms with Gasteiger partial charge in [0.25, 0.3) is 0 Å². The van der Waals surface area contributed by atoms with Crippen LogP contribution in [0, 0.1) is 5.82 Å². The molecule has 2 heterocycles. The number of nitrogens with zero attached hydrogens (tertiary/aromatic N) is 1. The highest BCUT2D eigenvalue weighted by Gasteiger charge is 2.14. The van der Waals surface area contributed by atoms with Gasteiger partial charge in [-0.15, -0.1) is 0 Å². The van der Waals surface area contributed by atoms with E-state index in [1.54, 1.807) is 12.1 Å². The summed E-state index contributed by atoms with van der Waals surface area (Å²) < 4.78 is 13.0. The predicted octanol–water partition coefficient (Wildman–Crippen LogP) is 3.20. The SMILES string of the molecule is Fc1ccc(-c2[nH]ncc2CNC2CCCSC2)cc1. The fraction of sp³-hybridized carbons (Fsp3) is 0.400. The van der Waals surface area contributed by atoms with Crippen molar-refractivity contribution in [3.05, 3.63) is 41.8 Å². The summed E-state index contributed by atoms with van der Waals surface area (Å²) in [5, 5.41) is 10.7. The van der Waals surface area contributed by atoms with E-state index in [2.05, 4.69) is 15.5 Å². The Morgan fingerprint density at radius 3 is 2.95 bits per heavy atom. The zero-order valence-electron chi connectivity index (χ0n) is 11.2. The Balaban J connectivity index is 1.68. The molecule has 106 valence electrons. The Labute approximate surface area is 122 Å². The van der Waals surface area contributed by atoms with Crippen molar-refractivity contribution in [2.24, 2.45) is 0 Å². The number of H-pyrrole nitrogens is 1. The second-order valence-corrected chi connectivity index (χ2v) is 6.22. The lowest BCUT2D eigenvalue weighted by Crippen LogP contribution is -2.33. The second-order valence-electron chi connectivity index (χ2n) is 5.07. The van der Waals surface area contributed by atoms with E-state index in [9.17, 15) is 4.39 Å². The molecule has 0 amide bonds. The molecule has 1 aromatic carbocycles. The van der Waals surface area contributed by atoms with Crippen molar-refractivity contribution in [3.63, 3.8) is 0 Å². The molecule has 2 aromatic rings. The second kappa shape index (κ2) is 6.41. The molecule has 0 saturated carbocycles. The van der Waals surface area contributed by atoms with Gasteiger partial charge in [0.2, 0.25) is 0 Å². The van der Waals surface area contributed by atoms with Crippen molar-refractivity contribution in [2.45, 2.75) is 25.4 Å². The average molecular weight is 291 g/mol. The molecule has 0 aliphatic carbocycles. The van der Waals surface area contributed by atoms with Crippen molar-refractivity contribution in [3.8, 4) is 11.3 Å². The van der Waals surface area contributed by atoms with Crippen molar-refractivity contribution in [2.75, 3.05) is 11.5 Å². The summed E-state index contributed by atoms with van der Waals surface area (Å²) in [6, 6.07) is 7.10. The van der Waals surface area contributed by atoms with Crippen molar-refractivity contribution in [1.29, 1.82) is 0 Å². The standard InChI is InChI=1S/C15H18FN3S/c16-13-5-3-11(4-6-13)15-12(9-18-19-15)8-17-14-2-1-7-20-10-14/h3-6,9,14,17H,1-2,7-8,10H2,(H,18,19). The Morgan fingerprint density at radius 2 is 2.20 bits per heavy atom. The van der Waals surface area contributed by atoms with E-state index >= 15 is 0 Å². The molecular formula is C15H18FN3S.